The minimum atomic E-state index is 0.646. The minimum Gasteiger partial charge on any atom is -0.324 e. The molecule has 2 heterocycles. The second-order valence-electron chi connectivity index (χ2n) is 15.4. The van der Waals surface area contributed by atoms with Crippen molar-refractivity contribution in [3.05, 3.63) is 0 Å². The first-order chi connectivity index (χ1) is 15.8. The van der Waals surface area contributed by atoms with Crippen molar-refractivity contribution in [1.29, 1.82) is 0 Å². The van der Waals surface area contributed by atoms with Crippen molar-refractivity contribution < 1.29 is 8.97 Å². The third kappa shape index (κ3) is 3.70. The summed E-state index contributed by atoms with van der Waals surface area (Å²) in [6.45, 7) is 11.5. The molecular formula is C31H56N2+2. The summed E-state index contributed by atoms with van der Waals surface area (Å²) in [4.78, 5) is 0. The number of hydrogen-bond donors (Lipinski definition) is 0. The van der Waals surface area contributed by atoms with E-state index in [1.807, 2.05) is 0 Å². The Hall–Kier alpha value is -0.0800. The molecule has 0 aromatic carbocycles. The molecule has 0 amide bonds. The van der Waals surface area contributed by atoms with Crippen LogP contribution < -0.4 is 0 Å². The lowest BCUT2D eigenvalue weighted by Crippen LogP contribution is -2.61. The summed E-state index contributed by atoms with van der Waals surface area (Å²) in [5, 5.41) is 0. The lowest BCUT2D eigenvalue weighted by atomic mass is 9.45. The molecule has 4 saturated carbocycles. The van der Waals surface area contributed by atoms with Crippen LogP contribution in [-0.4, -0.2) is 61.3 Å². The van der Waals surface area contributed by atoms with Crippen molar-refractivity contribution in [2.45, 2.75) is 122 Å². The van der Waals surface area contributed by atoms with Crippen LogP contribution in [0.2, 0.25) is 0 Å². The molecule has 0 spiro atoms. The van der Waals surface area contributed by atoms with E-state index in [4.69, 9.17) is 0 Å². The summed E-state index contributed by atoms with van der Waals surface area (Å²) < 4.78 is 2.86. The largest absolute Gasteiger partial charge is 0.324 e. The highest BCUT2D eigenvalue weighted by molar-refractivity contribution is 5.09. The van der Waals surface area contributed by atoms with Crippen LogP contribution in [0.3, 0.4) is 0 Å². The molecule has 2 aliphatic heterocycles. The van der Waals surface area contributed by atoms with E-state index < -0.39 is 0 Å². The van der Waals surface area contributed by atoms with Crippen molar-refractivity contribution in [2.75, 3.05) is 40.3 Å². The molecule has 4 aliphatic carbocycles. The third-order valence-corrected chi connectivity index (χ3v) is 13.8. The lowest BCUT2D eigenvalue weighted by Gasteiger charge is -2.62. The Morgan fingerprint density at radius 2 is 1.21 bits per heavy atom. The zero-order valence-electron chi connectivity index (χ0n) is 22.8. The van der Waals surface area contributed by atoms with Gasteiger partial charge in [-0.05, 0) is 112 Å². The fraction of sp³-hybridized carbons (Fsp3) is 1.00. The molecule has 6 fully saturated rings. The monoisotopic (exact) mass is 456 g/mol. The summed E-state index contributed by atoms with van der Waals surface area (Å²) in [5.41, 5.74) is 1.31. The Morgan fingerprint density at radius 3 is 1.88 bits per heavy atom. The molecule has 4 unspecified atom stereocenters. The van der Waals surface area contributed by atoms with Gasteiger partial charge < -0.3 is 8.97 Å². The van der Waals surface area contributed by atoms with Crippen LogP contribution in [0.25, 0.3) is 0 Å². The van der Waals surface area contributed by atoms with Crippen LogP contribution >= 0.6 is 0 Å². The zero-order valence-corrected chi connectivity index (χ0v) is 22.8. The van der Waals surface area contributed by atoms with Crippen molar-refractivity contribution in [2.24, 2.45) is 34.5 Å². The van der Waals surface area contributed by atoms with Crippen LogP contribution in [0.15, 0.2) is 0 Å². The quantitative estimate of drug-likeness (QED) is 0.391. The maximum atomic E-state index is 2.82. The molecule has 0 radical (unpaired) electrons. The molecule has 2 nitrogen and oxygen atoms in total. The predicted molar refractivity (Wildman–Crippen MR) is 139 cm³/mol. The Kier molecular flexibility index (Phi) is 5.81. The number of rotatable bonds is 2. The summed E-state index contributed by atoms with van der Waals surface area (Å²) in [6, 6.07) is 1.94. The van der Waals surface area contributed by atoms with Gasteiger partial charge in [0.05, 0.1) is 52.4 Å². The van der Waals surface area contributed by atoms with E-state index in [9.17, 15) is 0 Å². The fourth-order valence-electron chi connectivity index (χ4n) is 11.6. The zero-order chi connectivity index (χ0) is 22.9. The first kappa shape index (κ1) is 23.3. The first-order valence-electron chi connectivity index (χ1n) is 15.4. The number of hydrogen-bond acceptors (Lipinski definition) is 0. The van der Waals surface area contributed by atoms with Gasteiger partial charge >= 0.3 is 0 Å². The molecule has 0 bridgehead atoms. The summed E-state index contributed by atoms with van der Waals surface area (Å²) in [6.07, 6.45) is 23.0. The Balaban J connectivity index is 1.23. The van der Waals surface area contributed by atoms with E-state index in [-0.39, 0.29) is 0 Å². The molecule has 8 atom stereocenters. The minimum absolute atomic E-state index is 0.646. The van der Waals surface area contributed by atoms with E-state index in [2.05, 4.69) is 27.9 Å². The highest BCUT2D eigenvalue weighted by Gasteiger charge is 2.62. The smallest absolute Gasteiger partial charge is 0.0896 e. The van der Waals surface area contributed by atoms with Gasteiger partial charge in [-0.2, -0.15) is 0 Å². The predicted octanol–water partition coefficient (Wildman–Crippen LogP) is 7.03. The highest BCUT2D eigenvalue weighted by atomic mass is 15.4. The SMILES string of the molecule is C[C@]12CCC3C(CCC4CC[C@@H]([N+]5(C)CCCCC5)C[C@@]43C)C1C[C@H]([N+]1(C)CCCCC1)C2. The summed E-state index contributed by atoms with van der Waals surface area (Å²) >= 11 is 0. The maximum Gasteiger partial charge on any atom is 0.0896 e. The first-order valence-corrected chi connectivity index (χ1v) is 15.4. The molecule has 6 aliphatic rings. The van der Waals surface area contributed by atoms with Gasteiger partial charge in [-0.15, -0.1) is 0 Å². The van der Waals surface area contributed by atoms with E-state index in [0.717, 1.165) is 35.8 Å². The Morgan fingerprint density at radius 1 is 0.606 bits per heavy atom. The maximum absolute atomic E-state index is 2.82. The average molecular weight is 457 g/mol. The second kappa shape index (κ2) is 8.22. The number of piperidine rings is 2. The van der Waals surface area contributed by atoms with Gasteiger partial charge in [-0.1, -0.05) is 13.8 Å². The molecule has 2 saturated heterocycles. The van der Waals surface area contributed by atoms with Gasteiger partial charge in [0.25, 0.3) is 0 Å². The number of fused-ring (bicyclic) bond motifs is 5. The van der Waals surface area contributed by atoms with Gasteiger partial charge in [0, 0.05) is 19.3 Å². The normalized spacial score (nSPS) is 51.3. The number of likely N-dealkylation sites (tertiary alicyclic amines) is 2. The van der Waals surface area contributed by atoms with Crippen LogP contribution in [0.1, 0.15) is 110 Å². The number of nitrogens with zero attached hydrogens (tertiary/aromatic N) is 2. The standard InChI is InChI=1S/C31H56N2/c1-30-16-15-28-27(29(30)21-26(22-30)33(4)19-9-6-10-20-33)14-12-24-11-13-25(23-31(24,28)2)32(3)17-7-5-8-18-32/h24-29H,5-23H2,1-4H3/q+2/t24?,25-,26+,27?,28?,29?,30-,31+/m1/s1. The summed E-state index contributed by atoms with van der Waals surface area (Å²) in [5.74, 6) is 4.17. The van der Waals surface area contributed by atoms with Gasteiger partial charge in [0.15, 0.2) is 0 Å². The topological polar surface area (TPSA) is 0 Å². The number of quaternary nitrogens is 2. The summed E-state index contributed by atoms with van der Waals surface area (Å²) in [7, 11) is 5.30. The van der Waals surface area contributed by atoms with Crippen LogP contribution in [0, 0.1) is 34.5 Å². The van der Waals surface area contributed by atoms with Crippen LogP contribution in [0.4, 0.5) is 0 Å². The van der Waals surface area contributed by atoms with Crippen molar-refractivity contribution >= 4 is 0 Å². The van der Waals surface area contributed by atoms with Crippen LogP contribution in [-0.2, 0) is 0 Å². The molecule has 2 heteroatoms. The van der Waals surface area contributed by atoms with E-state index >= 15 is 0 Å². The third-order valence-electron chi connectivity index (χ3n) is 13.8. The fourth-order valence-corrected chi connectivity index (χ4v) is 11.6. The molecule has 6 rings (SSSR count). The second-order valence-corrected chi connectivity index (χ2v) is 15.4. The average Bonchev–Trinajstić information content (AvgIpc) is 3.18. The molecule has 0 aromatic rings. The van der Waals surface area contributed by atoms with E-state index in [0.29, 0.717) is 10.8 Å². The molecule has 0 N–H and O–H groups in total. The molecule has 188 valence electrons. The van der Waals surface area contributed by atoms with Gasteiger partial charge in [-0.25, -0.2) is 0 Å². The van der Waals surface area contributed by atoms with E-state index in [1.165, 1.54) is 80.1 Å². The Bertz CT molecular complexity index is 718. The highest BCUT2D eigenvalue weighted by Crippen LogP contribution is 2.67. The van der Waals surface area contributed by atoms with Crippen molar-refractivity contribution in [3.63, 3.8) is 0 Å². The molecular weight excluding hydrogens is 400 g/mol. The van der Waals surface area contributed by atoms with Gasteiger partial charge in [0.1, 0.15) is 0 Å². The lowest BCUT2D eigenvalue weighted by molar-refractivity contribution is -0.940. The van der Waals surface area contributed by atoms with Crippen molar-refractivity contribution in [1.82, 2.24) is 0 Å². The van der Waals surface area contributed by atoms with Gasteiger partial charge in [-0.3, -0.25) is 0 Å². The van der Waals surface area contributed by atoms with Gasteiger partial charge in [0.2, 0.25) is 0 Å². The van der Waals surface area contributed by atoms with E-state index in [1.54, 1.807) is 51.4 Å². The molecule has 0 aromatic heterocycles. The Labute approximate surface area is 206 Å². The van der Waals surface area contributed by atoms with Crippen molar-refractivity contribution in [3.8, 4) is 0 Å². The molecule has 33 heavy (non-hydrogen) atoms. The van der Waals surface area contributed by atoms with Crippen LogP contribution in [0.5, 0.6) is 0 Å².